The van der Waals surface area contributed by atoms with Crippen LogP contribution in [0.25, 0.3) is 0 Å². The Morgan fingerprint density at radius 1 is 1.50 bits per heavy atom. The summed E-state index contributed by atoms with van der Waals surface area (Å²) >= 11 is 0. The minimum Gasteiger partial charge on any atom is -0.354 e. The Labute approximate surface area is 119 Å². The van der Waals surface area contributed by atoms with E-state index >= 15 is 0 Å². The molecule has 0 amide bonds. The molecule has 8 nitrogen and oxygen atoms in total. The number of nitrogens with zero attached hydrogens (tertiary/aromatic N) is 4. The number of rotatable bonds is 5. The zero-order valence-corrected chi connectivity index (χ0v) is 12.1. The van der Waals surface area contributed by atoms with E-state index in [0.29, 0.717) is 42.9 Å². The maximum absolute atomic E-state index is 11.4. The van der Waals surface area contributed by atoms with Crippen LogP contribution < -0.4 is 10.2 Å². The summed E-state index contributed by atoms with van der Waals surface area (Å²) in [6.07, 6.45) is 2.14. The van der Waals surface area contributed by atoms with Crippen molar-refractivity contribution in [2.75, 3.05) is 41.4 Å². The van der Waals surface area contributed by atoms with Gasteiger partial charge in [0.25, 0.3) is 0 Å². The maximum atomic E-state index is 11.4. The molecule has 0 atom stereocenters. The lowest BCUT2D eigenvalue weighted by Gasteiger charge is -2.26. The number of hydrogen-bond donors (Lipinski definition) is 1. The predicted octanol–water partition coefficient (Wildman–Crippen LogP) is 0.775. The molecule has 2 heterocycles. The van der Waals surface area contributed by atoms with Gasteiger partial charge in [-0.15, -0.1) is 0 Å². The number of nitro groups is 1. The Bertz CT molecular complexity index is 515. The van der Waals surface area contributed by atoms with Gasteiger partial charge >= 0.3 is 5.69 Å². The molecule has 1 saturated heterocycles. The molecule has 9 heteroatoms. The molecular weight excluding hydrogens is 282 g/mol. The highest BCUT2D eigenvalue weighted by Gasteiger charge is 2.25. The molecule has 1 aromatic heterocycles. The van der Waals surface area contributed by atoms with E-state index in [-0.39, 0.29) is 5.69 Å². The number of hydrogen-bond acceptors (Lipinski definition) is 7. The molecule has 0 unspecified atom stereocenters. The van der Waals surface area contributed by atoms with Crippen LogP contribution in [0, 0.1) is 10.1 Å². The maximum Gasteiger partial charge on any atom is 0.329 e. The van der Waals surface area contributed by atoms with Gasteiger partial charge in [0.2, 0.25) is 11.8 Å². The predicted molar refractivity (Wildman–Crippen MR) is 77.6 cm³/mol. The first-order chi connectivity index (χ1) is 9.61. The minimum atomic E-state index is -0.833. The van der Waals surface area contributed by atoms with Crippen LogP contribution in [0.2, 0.25) is 0 Å². The summed E-state index contributed by atoms with van der Waals surface area (Å²) in [5, 5.41) is 14.1. The van der Waals surface area contributed by atoms with Crippen LogP contribution in [-0.2, 0) is 10.8 Å². The standard InChI is InChI=1S/C11H17N5O3S/c1-2-3-12-11-13-8-9(16(17)18)10(14-11)15-4-6-20(19)7-5-15/h8H,2-7H2,1H3,(H,12,13,14). The molecule has 1 aliphatic rings. The molecule has 2 rings (SSSR count). The van der Waals surface area contributed by atoms with Gasteiger partial charge < -0.3 is 10.2 Å². The van der Waals surface area contributed by atoms with Gasteiger partial charge in [-0.3, -0.25) is 14.3 Å². The lowest BCUT2D eigenvalue weighted by molar-refractivity contribution is -0.384. The van der Waals surface area contributed by atoms with Crippen molar-refractivity contribution >= 4 is 28.3 Å². The van der Waals surface area contributed by atoms with Crippen molar-refractivity contribution in [3.8, 4) is 0 Å². The van der Waals surface area contributed by atoms with Crippen molar-refractivity contribution in [1.29, 1.82) is 0 Å². The van der Waals surface area contributed by atoms with Gasteiger partial charge in [-0.1, -0.05) is 6.92 Å². The Morgan fingerprint density at radius 3 is 2.80 bits per heavy atom. The second kappa shape index (κ2) is 6.60. The van der Waals surface area contributed by atoms with E-state index in [2.05, 4.69) is 15.3 Å². The molecule has 0 aliphatic carbocycles. The van der Waals surface area contributed by atoms with E-state index in [1.165, 1.54) is 6.20 Å². The Kier molecular flexibility index (Phi) is 4.83. The van der Waals surface area contributed by atoms with Crippen molar-refractivity contribution in [2.24, 2.45) is 0 Å². The number of nitrogens with one attached hydrogen (secondary N) is 1. The molecule has 1 aromatic rings. The van der Waals surface area contributed by atoms with E-state index in [1.807, 2.05) is 6.92 Å². The van der Waals surface area contributed by atoms with Gasteiger partial charge in [0, 0.05) is 41.9 Å². The molecule has 20 heavy (non-hydrogen) atoms. The van der Waals surface area contributed by atoms with Gasteiger partial charge in [-0.05, 0) is 6.42 Å². The van der Waals surface area contributed by atoms with Gasteiger partial charge in [0.05, 0.1) is 4.92 Å². The van der Waals surface area contributed by atoms with E-state index in [9.17, 15) is 14.3 Å². The average Bonchev–Trinajstić information content (AvgIpc) is 2.45. The van der Waals surface area contributed by atoms with Crippen LogP contribution >= 0.6 is 0 Å². The van der Waals surface area contributed by atoms with Crippen LogP contribution in [0.5, 0.6) is 0 Å². The van der Waals surface area contributed by atoms with Crippen LogP contribution in [0.1, 0.15) is 13.3 Å². The van der Waals surface area contributed by atoms with Gasteiger partial charge in [-0.2, -0.15) is 4.98 Å². The van der Waals surface area contributed by atoms with E-state index in [0.717, 1.165) is 6.42 Å². The fourth-order valence-corrected chi connectivity index (χ4v) is 2.95. The molecule has 0 spiro atoms. The summed E-state index contributed by atoms with van der Waals surface area (Å²) in [7, 11) is -0.833. The van der Waals surface area contributed by atoms with Crippen LogP contribution in [0.3, 0.4) is 0 Å². The van der Waals surface area contributed by atoms with E-state index in [4.69, 9.17) is 0 Å². The Hall–Kier alpha value is -1.77. The summed E-state index contributed by atoms with van der Waals surface area (Å²) in [4.78, 5) is 20.6. The largest absolute Gasteiger partial charge is 0.354 e. The fourth-order valence-electron chi connectivity index (χ4n) is 1.90. The second-order valence-corrected chi connectivity index (χ2v) is 6.12. The van der Waals surface area contributed by atoms with E-state index < -0.39 is 15.7 Å². The van der Waals surface area contributed by atoms with Crippen LogP contribution in [0.4, 0.5) is 17.5 Å². The highest BCUT2D eigenvalue weighted by atomic mass is 32.2. The lowest BCUT2D eigenvalue weighted by atomic mass is 10.4. The lowest BCUT2D eigenvalue weighted by Crippen LogP contribution is -2.38. The second-order valence-electron chi connectivity index (χ2n) is 4.42. The minimum absolute atomic E-state index is 0.111. The fraction of sp³-hybridized carbons (Fsp3) is 0.636. The molecular formula is C11H17N5O3S. The first-order valence-corrected chi connectivity index (χ1v) is 7.96. The van der Waals surface area contributed by atoms with E-state index in [1.54, 1.807) is 4.90 Å². The number of anilines is 2. The monoisotopic (exact) mass is 299 g/mol. The molecule has 0 bridgehead atoms. The summed E-state index contributed by atoms with van der Waals surface area (Å²) in [5.74, 6) is 1.72. The smallest absolute Gasteiger partial charge is 0.329 e. The van der Waals surface area contributed by atoms with Gasteiger partial charge in [0.15, 0.2) is 0 Å². The highest BCUT2D eigenvalue weighted by Crippen LogP contribution is 2.26. The van der Waals surface area contributed by atoms with Crippen molar-refractivity contribution < 1.29 is 9.13 Å². The zero-order valence-electron chi connectivity index (χ0n) is 11.2. The zero-order chi connectivity index (χ0) is 14.5. The summed E-state index contributed by atoms with van der Waals surface area (Å²) < 4.78 is 11.4. The topological polar surface area (TPSA) is 101 Å². The third-order valence-corrected chi connectivity index (χ3v) is 4.23. The highest BCUT2D eigenvalue weighted by molar-refractivity contribution is 7.85. The first kappa shape index (κ1) is 14.6. The van der Waals surface area contributed by atoms with Gasteiger partial charge in [0.1, 0.15) is 6.20 Å². The molecule has 110 valence electrons. The van der Waals surface area contributed by atoms with Crippen LogP contribution in [-0.4, -0.2) is 50.2 Å². The van der Waals surface area contributed by atoms with Crippen molar-refractivity contribution in [3.05, 3.63) is 16.3 Å². The number of aromatic nitrogens is 2. The van der Waals surface area contributed by atoms with Crippen molar-refractivity contribution in [3.63, 3.8) is 0 Å². The van der Waals surface area contributed by atoms with Crippen molar-refractivity contribution in [1.82, 2.24) is 9.97 Å². The summed E-state index contributed by atoms with van der Waals surface area (Å²) in [5.41, 5.74) is -0.111. The molecule has 0 radical (unpaired) electrons. The first-order valence-electron chi connectivity index (χ1n) is 6.47. The van der Waals surface area contributed by atoms with Gasteiger partial charge in [-0.25, -0.2) is 4.98 Å². The normalized spacial score (nSPS) is 16.1. The molecule has 1 N–H and O–H groups in total. The van der Waals surface area contributed by atoms with Crippen molar-refractivity contribution in [2.45, 2.75) is 13.3 Å². The third kappa shape index (κ3) is 3.41. The molecule has 0 saturated carbocycles. The molecule has 0 aromatic carbocycles. The summed E-state index contributed by atoms with van der Waals surface area (Å²) in [6.45, 7) is 3.75. The SMILES string of the molecule is CCCNc1ncc([N+](=O)[O-])c(N2CCS(=O)CC2)n1. The van der Waals surface area contributed by atoms with Crippen LogP contribution in [0.15, 0.2) is 6.20 Å². The third-order valence-electron chi connectivity index (χ3n) is 2.96. The molecule has 1 fully saturated rings. The Balaban J connectivity index is 2.26. The summed E-state index contributed by atoms with van der Waals surface area (Å²) in [6, 6.07) is 0. The quantitative estimate of drug-likeness (QED) is 0.633. The average molecular weight is 299 g/mol. The Morgan fingerprint density at radius 2 is 2.20 bits per heavy atom. The molecule has 1 aliphatic heterocycles.